The number of halogens is 1. The zero-order valence-corrected chi connectivity index (χ0v) is 13.4. The van der Waals surface area contributed by atoms with Crippen molar-refractivity contribution in [2.75, 3.05) is 18.5 Å². The zero-order valence-electron chi connectivity index (χ0n) is 13.4. The number of nitrogens with zero attached hydrogens (tertiary/aromatic N) is 2. The minimum atomic E-state index is -0.479. The summed E-state index contributed by atoms with van der Waals surface area (Å²) in [6.07, 6.45) is -0.479. The molecule has 0 aliphatic carbocycles. The van der Waals surface area contributed by atoms with Gasteiger partial charge >= 0.3 is 0 Å². The highest BCUT2D eigenvalue weighted by Gasteiger charge is 2.11. The second-order valence-corrected chi connectivity index (χ2v) is 5.58. The van der Waals surface area contributed by atoms with Gasteiger partial charge in [0.05, 0.1) is 23.7 Å². The molecule has 0 amide bonds. The second-order valence-electron chi connectivity index (χ2n) is 5.58. The van der Waals surface area contributed by atoms with E-state index in [-0.39, 0.29) is 11.6 Å². The third-order valence-corrected chi connectivity index (χ3v) is 3.62. The highest BCUT2D eigenvalue weighted by Crippen LogP contribution is 2.20. The van der Waals surface area contributed by atoms with Gasteiger partial charge in [-0.25, -0.2) is 9.37 Å². The molecule has 1 aromatic heterocycles. The summed E-state index contributed by atoms with van der Waals surface area (Å²) in [6.45, 7) is 2.93. The Morgan fingerprint density at radius 2 is 1.96 bits per heavy atom. The molecule has 1 unspecified atom stereocenters. The average molecular weight is 329 g/mol. The lowest BCUT2D eigenvalue weighted by atomic mass is 10.3. The average Bonchev–Trinajstić information content (AvgIpc) is 2.93. The quantitative estimate of drug-likeness (QED) is 0.699. The SMILES string of the molecule is CC(O)CNc1nc2ccccc2n1CCOc1ccccc1F. The summed E-state index contributed by atoms with van der Waals surface area (Å²) in [7, 11) is 0. The van der Waals surface area contributed by atoms with Crippen LogP contribution in [0.15, 0.2) is 48.5 Å². The van der Waals surface area contributed by atoms with E-state index in [1.807, 2.05) is 28.8 Å². The Balaban J connectivity index is 1.76. The molecule has 2 N–H and O–H groups in total. The third kappa shape index (κ3) is 3.65. The van der Waals surface area contributed by atoms with Crippen LogP contribution >= 0.6 is 0 Å². The first-order valence-corrected chi connectivity index (χ1v) is 7.89. The number of imidazole rings is 1. The maximum Gasteiger partial charge on any atom is 0.204 e. The number of para-hydroxylation sites is 3. The number of ether oxygens (including phenoxy) is 1. The van der Waals surface area contributed by atoms with Crippen LogP contribution in [0.1, 0.15) is 6.92 Å². The first-order chi connectivity index (χ1) is 11.6. The van der Waals surface area contributed by atoms with Gasteiger partial charge in [-0.1, -0.05) is 24.3 Å². The molecule has 5 nitrogen and oxygen atoms in total. The molecule has 6 heteroatoms. The summed E-state index contributed by atoms with van der Waals surface area (Å²) in [5.74, 6) is 0.523. The predicted octanol–water partition coefficient (Wildman–Crippen LogP) is 3.05. The molecule has 3 rings (SSSR count). The molecule has 0 aliphatic heterocycles. The molecule has 0 saturated heterocycles. The van der Waals surface area contributed by atoms with Crippen LogP contribution in [-0.4, -0.2) is 33.9 Å². The molecule has 0 radical (unpaired) electrons. The van der Waals surface area contributed by atoms with E-state index in [1.54, 1.807) is 25.1 Å². The normalized spacial score (nSPS) is 12.3. The van der Waals surface area contributed by atoms with Gasteiger partial charge in [0.15, 0.2) is 11.6 Å². The van der Waals surface area contributed by atoms with Crippen molar-refractivity contribution in [2.24, 2.45) is 0 Å². The van der Waals surface area contributed by atoms with Gasteiger partial charge in [0.2, 0.25) is 5.95 Å². The van der Waals surface area contributed by atoms with Gasteiger partial charge < -0.3 is 19.7 Å². The van der Waals surface area contributed by atoms with Crippen LogP contribution in [0.25, 0.3) is 11.0 Å². The number of rotatable bonds is 7. The van der Waals surface area contributed by atoms with Crippen LogP contribution in [-0.2, 0) is 6.54 Å². The fourth-order valence-electron chi connectivity index (χ4n) is 2.48. The molecule has 2 aromatic carbocycles. The fourth-order valence-corrected chi connectivity index (χ4v) is 2.48. The van der Waals surface area contributed by atoms with Gasteiger partial charge in [0.25, 0.3) is 0 Å². The molecule has 0 fully saturated rings. The van der Waals surface area contributed by atoms with Crippen molar-refractivity contribution in [3.8, 4) is 5.75 Å². The summed E-state index contributed by atoms with van der Waals surface area (Å²) in [5.41, 5.74) is 1.82. The summed E-state index contributed by atoms with van der Waals surface area (Å²) in [6, 6.07) is 14.1. The minimum absolute atomic E-state index is 0.236. The van der Waals surface area contributed by atoms with E-state index in [0.717, 1.165) is 11.0 Å². The first-order valence-electron chi connectivity index (χ1n) is 7.89. The monoisotopic (exact) mass is 329 g/mol. The highest BCUT2D eigenvalue weighted by molar-refractivity contribution is 5.78. The van der Waals surface area contributed by atoms with Crippen molar-refractivity contribution in [1.82, 2.24) is 9.55 Å². The number of hydrogen-bond acceptors (Lipinski definition) is 4. The van der Waals surface area contributed by atoms with Gasteiger partial charge in [-0.2, -0.15) is 0 Å². The smallest absolute Gasteiger partial charge is 0.204 e. The lowest BCUT2D eigenvalue weighted by Crippen LogP contribution is -2.19. The number of nitrogens with one attached hydrogen (secondary N) is 1. The molecule has 1 heterocycles. The topological polar surface area (TPSA) is 59.3 Å². The summed E-state index contributed by atoms with van der Waals surface area (Å²) >= 11 is 0. The Labute approximate surface area is 139 Å². The molecular weight excluding hydrogens is 309 g/mol. The Morgan fingerprint density at radius 3 is 2.75 bits per heavy atom. The van der Waals surface area contributed by atoms with Crippen molar-refractivity contribution >= 4 is 17.0 Å². The van der Waals surface area contributed by atoms with E-state index in [4.69, 9.17) is 4.74 Å². The van der Waals surface area contributed by atoms with Crippen molar-refractivity contribution in [1.29, 1.82) is 0 Å². The molecule has 1 atom stereocenters. The van der Waals surface area contributed by atoms with E-state index in [0.29, 0.717) is 25.6 Å². The van der Waals surface area contributed by atoms with Crippen LogP contribution in [0.2, 0.25) is 0 Å². The van der Waals surface area contributed by atoms with Crippen molar-refractivity contribution in [3.63, 3.8) is 0 Å². The molecular formula is C18H20FN3O2. The third-order valence-electron chi connectivity index (χ3n) is 3.62. The van der Waals surface area contributed by atoms with Gasteiger partial charge in [0.1, 0.15) is 6.61 Å². The lowest BCUT2D eigenvalue weighted by Gasteiger charge is -2.13. The maximum absolute atomic E-state index is 13.6. The molecule has 3 aromatic rings. The highest BCUT2D eigenvalue weighted by atomic mass is 19.1. The molecule has 0 bridgehead atoms. The summed E-state index contributed by atoms with van der Waals surface area (Å²) in [4.78, 5) is 4.54. The van der Waals surface area contributed by atoms with Crippen molar-refractivity contribution in [3.05, 3.63) is 54.3 Å². The molecule has 126 valence electrons. The van der Waals surface area contributed by atoms with Gasteiger partial charge in [-0.05, 0) is 31.2 Å². The van der Waals surface area contributed by atoms with Gasteiger partial charge in [-0.15, -0.1) is 0 Å². The predicted molar refractivity (Wildman–Crippen MR) is 91.8 cm³/mol. The Kier molecular flexibility index (Phi) is 4.96. The van der Waals surface area contributed by atoms with Gasteiger partial charge in [0, 0.05) is 6.54 Å². The van der Waals surface area contributed by atoms with Crippen LogP contribution in [0.3, 0.4) is 0 Å². The van der Waals surface area contributed by atoms with Gasteiger partial charge in [-0.3, -0.25) is 0 Å². The van der Waals surface area contributed by atoms with E-state index >= 15 is 0 Å². The van der Waals surface area contributed by atoms with Crippen molar-refractivity contribution in [2.45, 2.75) is 19.6 Å². The van der Waals surface area contributed by atoms with Crippen LogP contribution in [0.4, 0.5) is 10.3 Å². The fraction of sp³-hybridized carbons (Fsp3) is 0.278. The number of benzene rings is 2. The second kappa shape index (κ2) is 7.31. The molecule has 24 heavy (non-hydrogen) atoms. The number of aliphatic hydroxyl groups excluding tert-OH is 1. The Morgan fingerprint density at radius 1 is 1.21 bits per heavy atom. The van der Waals surface area contributed by atoms with E-state index in [2.05, 4.69) is 10.3 Å². The number of anilines is 1. The van der Waals surface area contributed by atoms with Crippen LogP contribution < -0.4 is 10.1 Å². The lowest BCUT2D eigenvalue weighted by molar-refractivity contribution is 0.208. The maximum atomic E-state index is 13.6. The molecule has 0 aliphatic rings. The zero-order chi connectivity index (χ0) is 16.9. The Hall–Kier alpha value is -2.60. The number of hydrogen-bond donors (Lipinski definition) is 2. The number of fused-ring (bicyclic) bond motifs is 1. The van der Waals surface area contributed by atoms with Crippen LogP contribution in [0, 0.1) is 5.82 Å². The first kappa shape index (κ1) is 16.3. The van der Waals surface area contributed by atoms with Crippen LogP contribution in [0.5, 0.6) is 5.75 Å². The number of aliphatic hydroxyl groups is 1. The minimum Gasteiger partial charge on any atom is -0.489 e. The molecule has 0 spiro atoms. The van der Waals surface area contributed by atoms with E-state index < -0.39 is 6.10 Å². The standard InChI is InChI=1S/C18H20FN3O2/c1-13(23)12-20-18-21-15-7-3-4-8-16(15)22(18)10-11-24-17-9-5-2-6-14(17)19/h2-9,13,23H,10-12H2,1H3,(H,20,21). The summed E-state index contributed by atoms with van der Waals surface area (Å²) < 4.78 is 21.1. The van der Waals surface area contributed by atoms with Crippen molar-refractivity contribution < 1.29 is 14.2 Å². The Bertz CT molecular complexity index is 817. The van der Waals surface area contributed by atoms with E-state index in [9.17, 15) is 9.50 Å². The molecule has 0 saturated carbocycles. The summed E-state index contributed by atoms with van der Waals surface area (Å²) in [5, 5.41) is 12.6. The number of aromatic nitrogens is 2. The van der Waals surface area contributed by atoms with E-state index in [1.165, 1.54) is 6.07 Å². The largest absolute Gasteiger partial charge is 0.489 e.